The third-order valence-electron chi connectivity index (χ3n) is 2.92. The van der Waals surface area contributed by atoms with E-state index < -0.39 is 23.3 Å². The second kappa shape index (κ2) is 4.75. The van der Waals surface area contributed by atoms with E-state index in [1.807, 2.05) is 5.38 Å². The maximum Gasteiger partial charge on any atom is 0.299 e. The van der Waals surface area contributed by atoms with Crippen LogP contribution in [-0.4, -0.2) is 11.7 Å². The number of carbonyl (C=O) groups is 2. The first-order chi connectivity index (χ1) is 9.47. The number of hydrogen-bond donors (Lipinski definition) is 0. The molecule has 1 aromatic heterocycles. The lowest BCUT2D eigenvalue weighted by Crippen LogP contribution is -2.29. The lowest BCUT2D eigenvalue weighted by molar-refractivity contribution is -0.114. The Labute approximate surface area is 124 Å². The van der Waals surface area contributed by atoms with Crippen LogP contribution in [-0.2, 0) is 11.3 Å². The number of benzene rings is 1. The van der Waals surface area contributed by atoms with E-state index in [-0.39, 0.29) is 17.8 Å². The summed E-state index contributed by atoms with van der Waals surface area (Å²) in [4.78, 5) is 25.5. The molecule has 1 aliphatic heterocycles. The van der Waals surface area contributed by atoms with E-state index in [4.69, 9.17) is 0 Å². The number of fused-ring (bicyclic) bond motifs is 1. The Morgan fingerprint density at radius 2 is 1.95 bits per heavy atom. The van der Waals surface area contributed by atoms with Crippen molar-refractivity contribution in [2.75, 3.05) is 4.90 Å². The van der Waals surface area contributed by atoms with Crippen LogP contribution >= 0.6 is 27.3 Å². The van der Waals surface area contributed by atoms with Crippen molar-refractivity contribution in [3.05, 3.63) is 50.1 Å². The first kappa shape index (κ1) is 13.4. The van der Waals surface area contributed by atoms with Gasteiger partial charge in [0.25, 0.3) is 11.7 Å². The Bertz CT molecular complexity index is 744. The van der Waals surface area contributed by atoms with E-state index in [0.29, 0.717) is 6.07 Å². The number of carbonyl (C=O) groups excluding carboxylic acids is 2. The molecule has 1 amide bonds. The molecule has 0 spiro atoms. The number of rotatable bonds is 2. The van der Waals surface area contributed by atoms with E-state index >= 15 is 0 Å². The molecule has 0 unspecified atom stereocenters. The number of anilines is 1. The van der Waals surface area contributed by atoms with Gasteiger partial charge in [-0.25, -0.2) is 8.78 Å². The van der Waals surface area contributed by atoms with Gasteiger partial charge in [0.15, 0.2) is 5.82 Å². The number of hydrogen-bond acceptors (Lipinski definition) is 3. The predicted molar refractivity (Wildman–Crippen MR) is 73.9 cm³/mol. The summed E-state index contributed by atoms with van der Waals surface area (Å²) in [6.45, 7) is 0.0798. The van der Waals surface area contributed by atoms with Gasteiger partial charge in [-0.2, -0.15) is 0 Å². The molecule has 0 saturated carbocycles. The minimum Gasteiger partial charge on any atom is -0.297 e. The highest BCUT2D eigenvalue weighted by Gasteiger charge is 2.38. The van der Waals surface area contributed by atoms with Crippen molar-refractivity contribution in [3.8, 4) is 0 Å². The van der Waals surface area contributed by atoms with Crippen LogP contribution in [0.3, 0.4) is 0 Å². The van der Waals surface area contributed by atoms with E-state index in [0.717, 1.165) is 20.3 Å². The monoisotopic (exact) mass is 357 g/mol. The van der Waals surface area contributed by atoms with Crippen molar-refractivity contribution in [1.82, 2.24) is 0 Å². The molecular weight excluding hydrogens is 352 g/mol. The van der Waals surface area contributed by atoms with Crippen LogP contribution in [0.5, 0.6) is 0 Å². The van der Waals surface area contributed by atoms with Gasteiger partial charge in [-0.15, -0.1) is 11.3 Å². The van der Waals surface area contributed by atoms with Crippen LogP contribution in [0.25, 0.3) is 0 Å². The van der Waals surface area contributed by atoms with Crippen molar-refractivity contribution >= 4 is 44.6 Å². The lowest BCUT2D eigenvalue weighted by Gasteiger charge is -2.15. The van der Waals surface area contributed by atoms with Gasteiger partial charge in [0.1, 0.15) is 5.82 Å². The van der Waals surface area contributed by atoms with Gasteiger partial charge < -0.3 is 0 Å². The number of ketones is 1. The Kier molecular flexibility index (Phi) is 3.18. The maximum absolute atomic E-state index is 13.9. The first-order valence-electron chi connectivity index (χ1n) is 5.55. The van der Waals surface area contributed by atoms with E-state index in [2.05, 4.69) is 15.9 Å². The molecule has 3 rings (SSSR count). The lowest BCUT2D eigenvalue weighted by atomic mass is 10.1. The highest BCUT2D eigenvalue weighted by molar-refractivity contribution is 9.10. The molecule has 0 atom stereocenters. The third-order valence-corrected chi connectivity index (χ3v) is 4.60. The van der Waals surface area contributed by atoms with Crippen LogP contribution in [0.15, 0.2) is 28.1 Å². The summed E-state index contributed by atoms with van der Waals surface area (Å²) in [6, 6.07) is 3.34. The topological polar surface area (TPSA) is 37.4 Å². The Balaban J connectivity index is 2.06. The molecule has 0 bridgehead atoms. The van der Waals surface area contributed by atoms with Gasteiger partial charge in [-0.05, 0) is 28.1 Å². The van der Waals surface area contributed by atoms with Crippen LogP contribution in [0.1, 0.15) is 15.2 Å². The average molecular weight is 358 g/mol. The number of thiophene rings is 1. The molecule has 0 fully saturated rings. The smallest absolute Gasteiger partial charge is 0.297 e. The molecule has 1 aromatic carbocycles. The summed E-state index contributed by atoms with van der Waals surface area (Å²) in [5.41, 5.74) is -0.367. The molecule has 3 nitrogen and oxygen atoms in total. The van der Waals surface area contributed by atoms with Gasteiger partial charge in [-0.1, -0.05) is 0 Å². The van der Waals surface area contributed by atoms with Crippen LogP contribution in [0, 0.1) is 11.6 Å². The zero-order valence-electron chi connectivity index (χ0n) is 9.82. The predicted octanol–water partition coefficient (Wildman–Crippen LogP) is 3.52. The Morgan fingerprint density at radius 1 is 1.20 bits per heavy atom. The van der Waals surface area contributed by atoms with Crippen molar-refractivity contribution < 1.29 is 18.4 Å². The minimum atomic E-state index is -0.908. The molecule has 20 heavy (non-hydrogen) atoms. The van der Waals surface area contributed by atoms with E-state index in [1.165, 1.54) is 11.3 Å². The summed E-state index contributed by atoms with van der Waals surface area (Å²) < 4.78 is 27.9. The molecule has 102 valence electrons. The molecular formula is C13H6BrF2NO2S. The fourth-order valence-electron chi connectivity index (χ4n) is 2.10. The zero-order valence-corrected chi connectivity index (χ0v) is 12.2. The second-order valence-electron chi connectivity index (χ2n) is 4.24. The molecule has 1 aliphatic rings. The van der Waals surface area contributed by atoms with Crippen molar-refractivity contribution in [1.29, 1.82) is 0 Å². The first-order valence-corrected chi connectivity index (χ1v) is 7.23. The van der Waals surface area contributed by atoms with Gasteiger partial charge in [0, 0.05) is 20.8 Å². The fraction of sp³-hybridized carbons (Fsp3) is 0.0769. The molecule has 0 radical (unpaired) electrons. The normalized spacial score (nSPS) is 14.1. The van der Waals surface area contributed by atoms with E-state index in [9.17, 15) is 18.4 Å². The van der Waals surface area contributed by atoms with Gasteiger partial charge in [0.2, 0.25) is 0 Å². The highest BCUT2D eigenvalue weighted by Crippen LogP contribution is 2.34. The minimum absolute atomic E-state index is 0.0798. The van der Waals surface area contributed by atoms with E-state index in [1.54, 1.807) is 6.07 Å². The summed E-state index contributed by atoms with van der Waals surface area (Å²) in [5.74, 6) is -3.50. The second-order valence-corrected chi connectivity index (χ2v) is 6.15. The number of halogens is 3. The van der Waals surface area contributed by atoms with Crippen LogP contribution in [0.4, 0.5) is 14.5 Å². The quantitative estimate of drug-likeness (QED) is 0.771. The number of Topliss-reactive ketones (excluding diaryl/α,β-unsaturated/α-hetero) is 1. The standard InChI is InChI=1S/C13H6BrF2NO2S/c14-6-1-8(20-5-6)4-17-11-9(12(18)13(17)19)2-7(15)3-10(11)16/h1-3,5H,4H2. The molecule has 2 aromatic rings. The summed E-state index contributed by atoms with van der Waals surface area (Å²) >= 11 is 4.66. The van der Waals surface area contributed by atoms with Gasteiger partial charge in [0.05, 0.1) is 17.8 Å². The summed E-state index contributed by atoms with van der Waals surface area (Å²) in [5, 5.41) is 1.82. The summed E-state index contributed by atoms with van der Waals surface area (Å²) in [7, 11) is 0. The number of amides is 1. The largest absolute Gasteiger partial charge is 0.299 e. The van der Waals surface area contributed by atoms with Crippen molar-refractivity contribution in [3.63, 3.8) is 0 Å². The molecule has 0 aliphatic carbocycles. The molecule has 0 N–H and O–H groups in total. The highest BCUT2D eigenvalue weighted by atomic mass is 79.9. The van der Waals surface area contributed by atoms with Gasteiger partial charge in [-0.3, -0.25) is 14.5 Å². The third kappa shape index (κ3) is 2.06. The summed E-state index contributed by atoms with van der Waals surface area (Å²) in [6.07, 6.45) is 0. The maximum atomic E-state index is 13.9. The van der Waals surface area contributed by atoms with Crippen molar-refractivity contribution in [2.24, 2.45) is 0 Å². The SMILES string of the molecule is O=C1C(=O)N(Cc2cc(Br)cs2)c2c(F)cc(F)cc21. The van der Waals surface area contributed by atoms with Crippen LogP contribution in [0.2, 0.25) is 0 Å². The fourth-order valence-corrected chi connectivity index (χ4v) is 3.54. The van der Waals surface area contributed by atoms with Crippen molar-refractivity contribution in [2.45, 2.75) is 6.54 Å². The van der Waals surface area contributed by atoms with Crippen LogP contribution < -0.4 is 4.90 Å². The zero-order chi connectivity index (χ0) is 14.4. The molecule has 7 heteroatoms. The Morgan fingerprint density at radius 3 is 2.60 bits per heavy atom. The molecule has 0 saturated heterocycles. The average Bonchev–Trinajstić information content (AvgIpc) is 2.88. The Hall–Kier alpha value is -1.60. The molecule has 2 heterocycles. The van der Waals surface area contributed by atoms with Gasteiger partial charge >= 0.3 is 0 Å². The number of nitrogens with zero attached hydrogens (tertiary/aromatic N) is 1.